The molecule has 1 fully saturated rings. The highest BCUT2D eigenvalue weighted by atomic mass is 79.9. The van der Waals surface area contributed by atoms with Gasteiger partial charge in [0.15, 0.2) is 0 Å². The summed E-state index contributed by atoms with van der Waals surface area (Å²) in [6.45, 7) is 3.48. The Kier molecular flexibility index (Phi) is 5.35. The first-order chi connectivity index (χ1) is 11.1. The van der Waals surface area contributed by atoms with Crippen molar-refractivity contribution in [3.8, 4) is 0 Å². The van der Waals surface area contributed by atoms with E-state index in [1.807, 2.05) is 30.3 Å². The SMILES string of the molecule is S=C(c1cccc(Br)c1)N1CCN(C(=S)c2ccccn2)CC1. The van der Waals surface area contributed by atoms with Gasteiger partial charge < -0.3 is 9.80 Å². The van der Waals surface area contributed by atoms with Gasteiger partial charge in [0.05, 0.1) is 5.69 Å². The summed E-state index contributed by atoms with van der Waals surface area (Å²) in [5, 5.41) is 0. The predicted octanol–water partition coefficient (Wildman–Crippen LogP) is 3.51. The molecular weight excluding hydrogens is 390 g/mol. The molecule has 0 spiro atoms. The summed E-state index contributed by atoms with van der Waals surface area (Å²) in [5.41, 5.74) is 1.95. The lowest BCUT2D eigenvalue weighted by Gasteiger charge is -2.37. The van der Waals surface area contributed by atoms with Crippen molar-refractivity contribution in [3.63, 3.8) is 0 Å². The van der Waals surface area contributed by atoms with Crippen molar-refractivity contribution in [1.29, 1.82) is 0 Å². The largest absolute Gasteiger partial charge is 0.359 e. The van der Waals surface area contributed by atoms with Gasteiger partial charge in [-0.05, 0) is 24.3 Å². The minimum Gasteiger partial charge on any atom is -0.359 e. The maximum atomic E-state index is 5.64. The molecule has 3 nitrogen and oxygen atoms in total. The van der Waals surface area contributed by atoms with Crippen molar-refractivity contribution in [1.82, 2.24) is 14.8 Å². The summed E-state index contributed by atoms with van der Waals surface area (Å²) >= 11 is 14.7. The van der Waals surface area contributed by atoms with Crippen molar-refractivity contribution in [2.75, 3.05) is 26.2 Å². The predicted molar refractivity (Wildman–Crippen MR) is 105 cm³/mol. The van der Waals surface area contributed by atoms with Crippen LogP contribution >= 0.6 is 40.4 Å². The van der Waals surface area contributed by atoms with Gasteiger partial charge in [0.25, 0.3) is 0 Å². The standard InChI is InChI=1S/C17H16BrN3S2/c18-14-5-3-4-13(12-14)16(22)20-8-10-21(11-9-20)17(23)15-6-1-2-7-19-15/h1-7,12H,8-11H2. The molecule has 1 aromatic heterocycles. The summed E-state index contributed by atoms with van der Waals surface area (Å²) in [4.78, 5) is 10.5. The molecule has 0 atom stereocenters. The quantitative estimate of drug-likeness (QED) is 0.709. The van der Waals surface area contributed by atoms with E-state index in [0.717, 1.165) is 51.9 Å². The maximum absolute atomic E-state index is 5.64. The molecule has 23 heavy (non-hydrogen) atoms. The summed E-state index contributed by atoms with van der Waals surface area (Å²) in [6.07, 6.45) is 1.78. The van der Waals surface area contributed by atoms with Crippen LogP contribution in [0.4, 0.5) is 0 Å². The molecule has 0 amide bonds. The second-order valence-corrected chi connectivity index (χ2v) is 7.00. The van der Waals surface area contributed by atoms with Crippen LogP contribution in [0, 0.1) is 0 Å². The van der Waals surface area contributed by atoms with Crippen molar-refractivity contribution < 1.29 is 0 Å². The van der Waals surface area contributed by atoms with Crippen LogP contribution in [0.2, 0.25) is 0 Å². The Morgan fingerprint density at radius 1 is 0.913 bits per heavy atom. The molecule has 0 bridgehead atoms. The fourth-order valence-corrected chi connectivity index (χ4v) is 3.58. The first kappa shape index (κ1) is 16.5. The van der Waals surface area contributed by atoms with Crippen LogP contribution in [-0.4, -0.2) is 50.9 Å². The number of pyridine rings is 1. The molecule has 1 aromatic carbocycles. The van der Waals surface area contributed by atoms with E-state index < -0.39 is 0 Å². The number of hydrogen-bond acceptors (Lipinski definition) is 3. The third-order valence-corrected chi connectivity index (χ3v) is 5.26. The van der Waals surface area contributed by atoms with E-state index in [-0.39, 0.29) is 0 Å². The van der Waals surface area contributed by atoms with E-state index in [1.54, 1.807) is 6.20 Å². The molecular formula is C17H16BrN3S2. The summed E-state index contributed by atoms with van der Waals surface area (Å²) < 4.78 is 1.05. The van der Waals surface area contributed by atoms with Crippen molar-refractivity contribution in [2.45, 2.75) is 0 Å². The normalized spacial score (nSPS) is 14.7. The van der Waals surface area contributed by atoms with Gasteiger partial charge in [-0.25, -0.2) is 0 Å². The smallest absolute Gasteiger partial charge is 0.128 e. The number of benzene rings is 1. The number of thiocarbonyl (C=S) groups is 2. The lowest BCUT2D eigenvalue weighted by Crippen LogP contribution is -2.50. The molecule has 1 aliphatic rings. The van der Waals surface area contributed by atoms with Crippen molar-refractivity contribution in [2.24, 2.45) is 0 Å². The Morgan fingerprint density at radius 2 is 1.61 bits per heavy atom. The third kappa shape index (κ3) is 3.94. The van der Waals surface area contributed by atoms with E-state index >= 15 is 0 Å². The Labute approximate surface area is 155 Å². The molecule has 2 heterocycles. The van der Waals surface area contributed by atoms with E-state index in [0.29, 0.717) is 0 Å². The highest BCUT2D eigenvalue weighted by Gasteiger charge is 2.22. The van der Waals surface area contributed by atoms with Crippen molar-refractivity contribution >= 4 is 50.3 Å². The first-order valence-corrected chi connectivity index (χ1v) is 9.01. The van der Waals surface area contributed by atoms with Crippen LogP contribution in [0.5, 0.6) is 0 Å². The van der Waals surface area contributed by atoms with E-state index in [4.69, 9.17) is 24.4 Å². The van der Waals surface area contributed by atoms with Gasteiger partial charge in [-0.15, -0.1) is 0 Å². The van der Waals surface area contributed by atoms with Crippen LogP contribution in [-0.2, 0) is 0 Å². The molecule has 1 saturated heterocycles. The zero-order valence-corrected chi connectivity index (χ0v) is 15.7. The molecule has 1 aliphatic heterocycles. The topological polar surface area (TPSA) is 19.4 Å². The van der Waals surface area contributed by atoms with Crippen LogP contribution in [0.3, 0.4) is 0 Å². The van der Waals surface area contributed by atoms with Crippen molar-refractivity contribution in [3.05, 3.63) is 64.4 Å². The molecule has 6 heteroatoms. The van der Waals surface area contributed by atoms with Gasteiger partial charge in [0, 0.05) is 42.4 Å². The number of hydrogen-bond donors (Lipinski definition) is 0. The van der Waals surface area contributed by atoms with Gasteiger partial charge in [-0.1, -0.05) is 58.6 Å². The number of nitrogens with zero attached hydrogens (tertiary/aromatic N) is 3. The van der Waals surface area contributed by atoms with Crippen LogP contribution in [0.1, 0.15) is 11.3 Å². The molecule has 0 unspecified atom stereocenters. The minimum absolute atomic E-state index is 0.818. The average molecular weight is 406 g/mol. The van der Waals surface area contributed by atoms with E-state index in [1.165, 1.54) is 0 Å². The fourth-order valence-electron chi connectivity index (χ4n) is 2.57. The third-order valence-electron chi connectivity index (χ3n) is 3.81. The Hall–Kier alpha value is -1.37. The molecule has 2 aromatic rings. The van der Waals surface area contributed by atoms with Crippen LogP contribution in [0.15, 0.2) is 53.1 Å². The van der Waals surface area contributed by atoms with E-state index in [9.17, 15) is 0 Å². The molecule has 3 rings (SSSR count). The zero-order chi connectivity index (χ0) is 16.2. The number of piperazine rings is 1. The maximum Gasteiger partial charge on any atom is 0.128 e. The second kappa shape index (κ2) is 7.47. The van der Waals surface area contributed by atoms with Crippen LogP contribution < -0.4 is 0 Å². The molecule has 118 valence electrons. The van der Waals surface area contributed by atoms with Gasteiger partial charge in [0.1, 0.15) is 9.98 Å². The Morgan fingerprint density at radius 3 is 2.22 bits per heavy atom. The molecule has 0 N–H and O–H groups in total. The highest BCUT2D eigenvalue weighted by molar-refractivity contribution is 9.10. The number of aromatic nitrogens is 1. The minimum atomic E-state index is 0.818. The summed E-state index contributed by atoms with van der Waals surface area (Å²) in [5.74, 6) is 0. The molecule has 0 saturated carbocycles. The fraction of sp³-hybridized carbons (Fsp3) is 0.235. The van der Waals surface area contributed by atoms with Gasteiger partial charge in [-0.2, -0.15) is 0 Å². The monoisotopic (exact) mass is 405 g/mol. The first-order valence-electron chi connectivity index (χ1n) is 7.40. The second-order valence-electron chi connectivity index (χ2n) is 5.31. The van der Waals surface area contributed by atoms with Gasteiger partial charge in [0.2, 0.25) is 0 Å². The highest BCUT2D eigenvalue weighted by Crippen LogP contribution is 2.16. The Balaban J connectivity index is 1.62. The van der Waals surface area contributed by atoms with E-state index in [2.05, 4.69) is 42.8 Å². The number of halogens is 1. The van der Waals surface area contributed by atoms with Crippen LogP contribution in [0.25, 0.3) is 0 Å². The van der Waals surface area contributed by atoms with Gasteiger partial charge in [-0.3, -0.25) is 4.98 Å². The summed E-state index contributed by atoms with van der Waals surface area (Å²) in [7, 11) is 0. The lowest BCUT2D eigenvalue weighted by molar-refractivity contribution is 0.265. The molecule has 0 radical (unpaired) electrons. The number of rotatable bonds is 2. The lowest BCUT2D eigenvalue weighted by atomic mass is 10.2. The summed E-state index contributed by atoms with van der Waals surface area (Å²) in [6, 6.07) is 14.0. The molecule has 0 aliphatic carbocycles. The Bertz CT molecular complexity index is 713. The van der Waals surface area contributed by atoms with Gasteiger partial charge >= 0.3 is 0 Å². The average Bonchev–Trinajstić information content (AvgIpc) is 2.61. The zero-order valence-electron chi connectivity index (χ0n) is 12.5.